The zero-order valence-corrected chi connectivity index (χ0v) is 50.9. The van der Waals surface area contributed by atoms with Gasteiger partial charge in [-0.15, -0.1) is 0 Å². The summed E-state index contributed by atoms with van der Waals surface area (Å²) < 4.78 is 11.3. The molecular weight excluding hydrogens is 983 g/mol. The van der Waals surface area contributed by atoms with Gasteiger partial charge in [-0.05, 0) is 77.0 Å². The second kappa shape index (κ2) is 58.3. The van der Waals surface area contributed by atoms with Crippen molar-refractivity contribution < 1.29 is 39.8 Å². The smallest absolute Gasteiger partial charge is 0.220 e. The first-order chi connectivity index (χ1) is 38.8. The maximum absolute atomic E-state index is 13.1. The first-order valence-electron chi connectivity index (χ1n) is 33.0. The molecule has 1 aliphatic rings. The first kappa shape index (κ1) is 74.1. The van der Waals surface area contributed by atoms with Crippen molar-refractivity contribution in [3.63, 3.8) is 0 Å². The molecule has 456 valence electrons. The molecule has 7 atom stereocenters. The first-order valence-corrected chi connectivity index (χ1v) is 33.0. The summed E-state index contributed by atoms with van der Waals surface area (Å²) in [4.78, 5) is 13.1. The number of carbonyl (C=O) groups is 1. The molecule has 0 spiro atoms. The van der Waals surface area contributed by atoms with Gasteiger partial charge in [0.15, 0.2) is 6.29 Å². The highest BCUT2D eigenvalue weighted by Gasteiger charge is 2.44. The van der Waals surface area contributed by atoms with Crippen LogP contribution in [0.15, 0.2) is 97.2 Å². The fourth-order valence-corrected chi connectivity index (χ4v) is 10.0. The van der Waals surface area contributed by atoms with E-state index in [9.17, 15) is 30.3 Å². The standard InChI is InChI=1S/C70H123NO8/c1-3-5-7-9-11-13-15-17-19-20-21-22-23-24-25-26-27-28-29-30-31-32-33-34-35-36-37-38-39-40-41-42-43-44-46-48-50-52-54-56-58-60-66(74)71-63(62-78-70-69(77)68(76)67(75)65(61-72)79-70)64(73)59-57-55-53-51-49-47-45-18-16-14-12-10-8-6-4-2/h5,7,11,13,17,19,21-22,24-25,27-28,30-31,57,59,63-65,67-70,72-73,75-77H,3-4,6,8-10,12,14-16,18,20,23,26,29,32-56,58,60-62H2,1-2H3,(H,71,74)/b7-5-,13-11-,19-17-,22-21-,25-24-,28-27-,31-30-,59-57+. The zero-order valence-electron chi connectivity index (χ0n) is 50.9. The van der Waals surface area contributed by atoms with Crippen LogP contribution in [0.4, 0.5) is 0 Å². The van der Waals surface area contributed by atoms with Crippen molar-refractivity contribution >= 4 is 5.91 Å². The van der Waals surface area contributed by atoms with Crippen LogP contribution in [0.3, 0.4) is 0 Å². The van der Waals surface area contributed by atoms with E-state index in [0.29, 0.717) is 6.42 Å². The van der Waals surface area contributed by atoms with Crippen LogP contribution in [0.25, 0.3) is 0 Å². The van der Waals surface area contributed by atoms with Crippen LogP contribution < -0.4 is 5.32 Å². The van der Waals surface area contributed by atoms with Crippen LogP contribution in [0.5, 0.6) is 0 Å². The summed E-state index contributed by atoms with van der Waals surface area (Å²) in [6.45, 7) is 3.68. The van der Waals surface area contributed by atoms with Gasteiger partial charge in [-0.3, -0.25) is 4.79 Å². The Hall–Kier alpha value is -2.89. The Balaban J connectivity index is 2.07. The van der Waals surface area contributed by atoms with Gasteiger partial charge in [-0.1, -0.05) is 297 Å². The number of aliphatic hydroxyl groups is 5. The van der Waals surface area contributed by atoms with Crippen molar-refractivity contribution in [2.45, 2.75) is 326 Å². The van der Waals surface area contributed by atoms with E-state index in [0.717, 1.165) is 83.5 Å². The zero-order chi connectivity index (χ0) is 57.2. The van der Waals surface area contributed by atoms with E-state index in [1.807, 2.05) is 6.08 Å². The van der Waals surface area contributed by atoms with Crippen molar-refractivity contribution in [3.8, 4) is 0 Å². The lowest BCUT2D eigenvalue weighted by molar-refractivity contribution is -0.302. The number of hydrogen-bond donors (Lipinski definition) is 6. The predicted molar refractivity (Wildman–Crippen MR) is 336 cm³/mol. The van der Waals surface area contributed by atoms with Gasteiger partial charge in [0, 0.05) is 6.42 Å². The summed E-state index contributed by atoms with van der Waals surface area (Å²) in [5.41, 5.74) is 0. The number of aliphatic hydroxyl groups excluding tert-OH is 5. The molecule has 0 aromatic carbocycles. The van der Waals surface area contributed by atoms with Gasteiger partial charge in [0.1, 0.15) is 24.4 Å². The summed E-state index contributed by atoms with van der Waals surface area (Å²) >= 11 is 0. The fourth-order valence-electron chi connectivity index (χ4n) is 10.0. The van der Waals surface area contributed by atoms with Crippen molar-refractivity contribution in [2.75, 3.05) is 13.2 Å². The average Bonchev–Trinajstić information content (AvgIpc) is 3.46. The Kier molecular flexibility index (Phi) is 54.7. The van der Waals surface area contributed by atoms with Gasteiger partial charge in [0.05, 0.1) is 25.4 Å². The van der Waals surface area contributed by atoms with Crippen LogP contribution in [0.2, 0.25) is 0 Å². The van der Waals surface area contributed by atoms with Crippen LogP contribution in [-0.4, -0.2) is 87.5 Å². The van der Waals surface area contributed by atoms with E-state index in [1.165, 1.54) is 180 Å². The number of rotatable bonds is 56. The highest BCUT2D eigenvalue weighted by molar-refractivity contribution is 5.76. The Labute approximate surface area is 485 Å². The minimum atomic E-state index is -1.57. The second-order valence-electron chi connectivity index (χ2n) is 22.5. The minimum Gasteiger partial charge on any atom is -0.394 e. The van der Waals surface area contributed by atoms with Gasteiger partial charge < -0.3 is 40.3 Å². The molecule has 7 unspecified atom stereocenters. The molecule has 9 heteroatoms. The lowest BCUT2D eigenvalue weighted by Gasteiger charge is -2.40. The van der Waals surface area contributed by atoms with E-state index >= 15 is 0 Å². The largest absolute Gasteiger partial charge is 0.394 e. The van der Waals surface area contributed by atoms with Crippen LogP contribution in [0.1, 0.15) is 284 Å². The summed E-state index contributed by atoms with van der Waals surface area (Å²) in [7, 11) is 0. The van der Waals surface area contributed by atoms with E-state index in [1.54, 1.807) is 6.08 Å². The van der Waals surface area contributed by atoms with E-state index in [2.05, 4.69) is 104 Å². The van der Waals surface area contributed by atoms with E-state index in [4.69, 9.17) is 9.47 Å². The van der Waals surface area contributed by atoms with Crippen molar-refractivity contribution in [2.24, 2.45) is 0 Å². The number of ether oxygens (including phenoxy) is 2. The predicted octanol–water partition coefficient (Wildman–Crippen LogP) is 17.5. The molecule has 0 aromatic rings. The summed E-state index contributed by atoms with van der Waals surface area (Å²) in [5.74, 6) is -0.176. The molecule has 0 radical (unpaired) electrons. The van der Waals surface area contributed by atoms with Crippen LogP contribution in [-0.2, 0) is 14.3 Å². The molecule has 1 saturated heterocycles. The molecule has 1 fully saturated rings. The number of nitrogens with one attached hydrogen (secondary N) is 1. The number of unbranched alkanes of at least 4 members (excludes halogenated alkanes) is 32. The number of allylic oxidation sites excluding steroid dienone is 15. The third-order valence-corrected chi connectivity index (χ3v) is 15.2. The highest BCUT2D eigenvalue weighted by Crippen LogP contribution is 2.23. The Morgan fingerprint density at radius 1 is 0.443 bits per heavy atom. The highest BCUT2D eigenvalue weighted by atomic mass is 16.7. The Morgan fingerprint density at radius 2 is 0.785 bits per heavy atom. The van der Waals surface area contributed by atoms with Crippen molar-refractivity contribution in [1.29, 1.82) is 0 Å². The molecule has 1 heterocycles. The average molecular weight is 1110 g/mol. The van der Waals surface area contributed by atoms with Gasteiger partial charge in [0.25, 0.3) is 0 Å². The molecule has 1 aliphatic heterocycles. The monoisotopic (exact) mass is 1110 g/mol. The number of hydrogen-bond acceptors (Lipinski definition) is 8. The third-order valence-electron chi connectivity index (χ3n) is 15.2. The maximum atomic E-state index is 13.1. The van der Waals surface area contributed by atoms with Crippen LogP contribution >= 0.6 is 0 Å². The van der Waals surface area contributed by atoms with Gasteiger partial charge >= 0.3 is 0 Å². The maximum Gasteiger partial charge on any atom is 0.220 e. The summed E-state index contributed by atoms with van der Waals surface area (Å²) in [5, 5.41) is 54.6. The summed E-state index contributed by atoms with van der Waals surface area (Å²) in [6.07, 6.45) is 77.9. The van der Waals surface area contributed by atoms with Gasteiger partial charge in [-0.25, -0.2) is 0 Å². The van der Waals surface area contributed by atoms with Gasteiger partial charge in [-0.2, -0.15) is 0 Å². The lowest BCUT2D eigenvalue weighted by atomic mass is 9.99. The molecule has 0 aromatic heterocycles. The second-order valence-corrected chi connectivity index (χ2v) is 22.5. The van der Waals surface area contributed by atoms with E-state index < -0.39 is 49.5 Å². The number of carbonyl (C=O) groups excluding carboxylic acids is 1. The van der Waals surface area contributed by atoms with Gasteiger partial charge in [0.2, 0.25) is 5.91 Å². The van der Waals surface area contributed by atoms with Crippen molar-refractivity contribution in [3.05, 3.63) is 97.2 Å². The van der Waals surface area contributed by atoms with Crippen molar-refractivity contribution in [1.82, 2.24) is 5.32 Å². The molecule has 9 nitrogen and oxygen atoms in total. The molecule has 0 bridgehead atoms. The molecule has 0 saturated carbocycles. The Morgan fingerprint density at radius 3 is 1.16 bits per heavy atom. The molecule has 79 heavy (non-hydrogen) atoms. The number of amides is 1. The fraction of sp³-hybridized carbons (Fsp3) is 0.757. The van der Waals surface area contributed by atoms with Crippen LogP contribution in [0, 0.1) is 0 Å². The normalized spacial score (nSPS) is 19.2. The minimum absolute atomic E-state index is 0.176. The molecule has 1 amide bonds. The summed E-state index contributed by atoms with van der Waals surface area (Å²) in [6, 6.07) is -0.807. The lowest BCUT2D eigenvalue weighted by Crippen LogP contribution is -2.60. The molecule has 0 aliphatic carbocycles. The quantitative estimate of drug-likeness (QED) is 0.0261. The topological polar surface area (TPSA) is 149 Å². The Bertz CT molecular complexity index is 1560. The molecule has 1 rings (SSSR count). The van der Waals surface area contributed by atoms with E-state index in [-0.39, 0.29) is 12.5 Å². The molecule has 6 N–H and O–H groups in total. The molecular formula is C70H123NO8. The SMILES string of the molecule is CC/C=C\C/C=C\C/C=C\C/C=C\C/C=C\C/C=C\C/C=C\CCCCCCCCCCCCCCCCCCCCCC(=O)NC(COC1OC(CO)C(O)C(O)C1O)C(O)/C=C/CCCCCCCCCCCCCCC. The third kappa shape index (κ3) is 47.3.